The summed E-state index contributed by atoms with van der Waals surface area (Å²) in [5, 5.41) is 3.57. The first kappa shape index (κ1) is 19.6. The van der Waals surface area contributed by atoms with E-state index in [2.05, 4.69) is 5.32 Å². The van der Waals surface area contributed by atoms with Gasteiger partial charge in [0.2, 0.25) is 0 Å². The van der Waals surface area contributed by atoms with Gasteiger partial charge in [-0.05, 0) is 66.5 Å². The van der Waals surface area contributed by atoms with E-state index < -0.39 is 0 Å². The molecule has 1 heterocycles. The summed E-state index contributed by atoms with van der Waals surface area (Å²) in [6, 6.07) is 14.0. The fraction of sp³-hybridized carbons (Fsp3) is 0.304. The molecule has 0 atom stereocenters. The molecule has 1 amide bonds. The van der Waals surface area contributed by atoms with Crippen LogP contribution in [0.3, 0.4) is 0 Å². The van der Waals surface area contributed by atoms with Crippen LogP contribution in [-0.2, 0) is 11.4 Å². The molecule has 4 rings (SSSR count). The lowest BCUT2D eigenvalue weighted by atomic mass is 9.94. The molecule has 6 heteroatoms. The Labute approximate surface area is 175 Å². The van der Waals surface area contributed by atoms with E-state index >= 15 is 0 Å². The first-order chi connectivity index (χ1) is 14.1. The monoisotopic (exact) mass is 410 g/mol. The van der Waals surface area contributed by atoms with Crippen molar-refractivity contribution in [3.63, 3.8) is 0 Å². The Morgan fingerprint density at radius 3 is 2.62 bits per heavy atom. The number of halogens is 1. The van der Waals surface area contributed by atoms with Crippen LogP contribution in [0, 0.1) is 5.82 Å². The van der Waals surface area contributed by atoms with Gasteiger partial charge in [-0.15, -0.1) is 0 Å². The van der Waals surface area contributed by atoms with Crippen molar-refractivity contribution in [2.45, 2.75) is 44.8 Å². The van der Waals surface area contributed by atoms with Crippen molar-refractivity contribution >= 4 is 29.3 Å². The summed E-state index contributed by atoms with van der Waals surface area (Å²) in [6.45, 7) is 0.295. The molecule has 1 N–H and O–H groups in total. The zero-order chi connectivity index (χ0) is 20.2. The van der Waals surface area contributed by atoms with Crippen LogP contribution in [0.25, 0.3) is 6.08 Å². The third-order valence-electron chi connectivity index (χ3n) is 5.34. The van der Waals surface area contributed by atoms with Crippen LogP contribution in [0.5, 0.6) is 5.75 Å². The Morgan fingerprint density at radius 1 is 1.14 bits per heavy atom. The molecule has 1 aliphatic heterocycles. The molecule has 1 saturated heterocycles. The molecule has 0 aromatic heterocycles. The number of ether oxygens (including phenoxy) is 1. The second-order valence-electron chi connectivity index (χ2n) is 7.44. The van der Waals surface area contributed by atoms with Crippen molar-refractivity contribution in [1.82, 2.24) is 10.2 Å². The van der Waals surface area contributed by atoms with Gasteiger partial charge >= 0.3 is 0 Å². The molecule has 0 bridgehead atoms. The largest absolute Gasteiger partial charge is 0.489 e. The third-order valence-corrected chi connectivity index (χ3v) is 5.63. The van der Waals surface area contributed by atoms with E-state index in [4.69, 9.17) is 17.0 Å². The number of hydrogen-bond donors (Lipinski definition) is 1. The standard InChI is InChI=1S/C23H23FN2O2S/c24-18-6-4-5-17(13-18)15-28-20-11-9-16(10-12-20)14-21-22(27)26(23(29)25-21)19-7-2-1-3-8-19/h4-6,9-14,19H,1-3,7-8,15H2,(H,25,29)/b21-14-. The fourth-order valence-electron chi connectivity index (χ4n) is 3.84. The van der Waals surface area contributed by atoms with Gasteiger partial charge in [0.15, 0.2) is 5.11 Å². The van der Waals surface area contributed by atoms with Crippen molar-refractivity contribution in [2.24, 2.45) is 0 Å². The predicted octanol–water partition coefficient (Wildman–Crippen LogP) is 4.80. The van der Waals surface area contributed by atoms with Crippen molar-refractivity contribution in [2.75, 3.05) is 0 Å². The number of amides is 1. The molecule has 2 aliphatic rings. The van der Waals surface area contributed by atoms with Crippen LogP contribution in [0.4, 0.5) is 4.39 Å². The molecule has 2 fully saturated rings. The molecule has 2 aromatic carbocycles. The summed E-state index contributed by atoms with van der Waals surface area (Å²) in [5.41, 5.74) is 2.16. The van der Waals surface area contributed by atoms with Gasteiger partial charge in [0.1, 0.15) is 23.9 Å². The first-order valence-corrected chi connectivity index (χ1v) is 10.3. The Balaban J connectivity index is 1.40. The van der Waals surface area contributed by atoms with Gasteiger partial charge in [-0.2, -0.15) is 0 Å². The van der Waals surface area contributed by atoms with E-state index in [0.717, 1.165) is 36.8 Å². The highest BCUT2D eigenvalue weighted by atomic mass is 32.1. The van der Waals surface area contributed by atoms with Crippen molar-refractivity contribution in [3.8, 4) is 5.75 Å². The second kappa shape index (κ2) is 8.74. The van der Waals surface area contributed by atoms with Crippen LogP contribution in [0.1, 0.15) is 43.2 Å². The number of carbonyl (C=O) groups excluding carboxylic acids is 1. The van der Waals surface area contributed by atoms with E-state index in [1.807, 2.05) is 36.4 Å². The van der Waals surface area contributed by atoms with Gasteiger partial charge < -0.3 is 10.1 Å². The zero-order valence-corrected chi connectivity index (χ0v) is 16.9. The van der Waals surface area contributed by atoms with Gasteiger partial charge in [0.05, 0.1) is 0 Å². The molecule has 1 aliphatic carbocycles. The molecular weight excluding hydrogens is 387 g/mol. The zero-order valence-electron chi connectivity index (χ0n) is 16.1. The maximum Gasteiger partial charge on any atom is 0.276 e. The van der Waals surface area contributed by atoms with Crippen molar-refractivity contribution in [1.29, 1.82) is 0 Å². The SMILES string of the molecule is O=C1/C(=C/c2ccc(OCc3cccc(F)c3)cc2)NC(=S)N1C1CCCCC1. The summed E-state index contributed by atoms with van der Waals surface area (Å²) in [6.07, 6.45) is 7.36. The van der Waals surface area contributed by atoms with E-state index in [-0.39, 0.29) is 17.8 Å². The lowest BCUT2D eigenvalue weighted by Gasteiger charge is -2.29. The van der Waals surface area contributed by atoms with Crippen molar-refractivity contribution in [3.05, 3.63) is 71.2 Å². The van der Waals surface area contributed by atoms with E-state index in [1.165, 1.54) is 18.6 Å². The Kier molecular flexibility index (Phi) is 5.90. The molecular formula is C23H23FN2O2S. The van der Waals surface area contributed by atoms with Crippen LogP contribution in [0.2, 0.25) is 0 Å². The summed E-state index contributed by atoms with van der Waals surface area (Å²) >= 11 is 5.41. The smallest absolute Gasteiger partial charge is 0.276 e. The van der Waals surface area contributed by atoms with Crippen LogP contribution in [-0.4, -0.2) is 22.0 Å². The van der Waals surface area contributed by atoms with E-state index in [0.29, 0.717) is 23.2 Å². The van der Waals surface area contributed by atoms with Gasteiger partial charge in [0, 0.05) is 6.04 Å². The van der Waals surface area contributed by atoms with Gasteiger partial charge in [0.25, 0.3) is 5.91 Å². The minimum absolute atomic E-state index is 0.0478. The van der Waals surface area contributed by atoms with Crippen LogP contribution < -0.4 is 10.1 Å². The second-order valence-corrected chi connectivity index (χ2v) is 7.83. The van der Waals surface area contributed by atoms with Gasteiger partial charge in [-0.25, -0.2) is 4.39 Å². The fourth-order valence-corrected chi connectivity index (χ4v) is 4.18. The molecule has 2 aromatic rings. The minimum atomic E-state index is -0.276. The number of nitrogens with zero attached hydrogens (tertiary/aromatic N) is 1. The molecule has 4 nitrogen and oxygen atoms in total. The maximum atomic E-state index is 13.2. The highest BCUT2D eigenvalue weighted by Gasteiger charge is 2.36. The topological polar surface area (TPSA) is 41.6 Å². The lowest BCUT2D eigenvalue weighted by Crippen LogP contribution is -2.41. The number of thiocarbonyl (C=S) groups is 1. The van der Waals surface area contributed by atoms with E-state index in [1.54, 1.807) is 11.0 Å². The molecule has 0 spiro atoms. The quantitative estimate of drug-likeness (QED) is 0.568. The summed E-state index contributed by atoms with van der Waals surface area (Å²) < 4.78 is 18.9. The molecule has 150 valence electrons. The normalized spacial score (nSPS) is 18.9. The van der Waals surface area contributed by atoms with E-state index in [9.17, 15) is 9.18 Å². The number of carbonyl (C=O) groups is 1. The maximum absolute atomic E-state index is 13.2. The highest BCUT2D eigenvalue weighted by Crippen LogP contribution is 2.27. The lowest BCUT2D eigenvalue weighted by molar-refractivity contribution is -0.124. The Morgan fingerprint density at radius 2 is 1.90 bits per heavy atom. The third kappa shape index (κ3) is 4.65. The molecule has 29 heavy (non-hydrogen) atoms. The molecule has 0 unspecified atom stereocenters. The van der Waals surface area contributed by atoms with Crippen molar-refractivity contribution < 1.29 is 13.9 Å². The number of rotatable bonds is 5. The number of nitrogens with one attached hydrogen (secondary N) is 1. The first-order valence-electron chi connectivity index (χ1n) is 9.94. The van der Waals surface area contributed by atoms with Crippen LogP contribution >= 0.6 is 12.2 Å². The average molecular weight is 411 g/mol. The summed E-state index contributed by atoms with van der Waals surface area (Å²) in [4.78, 5) is 14.6. The predicted molar refractivity (Wildman–Crippen MR) is 115 cm³/mol. The number of benzene rings is 2. The van der Waals surface area contributed by atoms with Gasteiger partial charge in [-0.3, -0.25) is 9.69 Å². The Bertz CT molecular complexity index is 936. The van der Waals surface area contributed by atoms with Gasteiger partial charge in [-0.1, -0.05) is 43.5 Å². The average Bonchev–Trinajstić information content (AvgIpc) is 3.01. The summed E-state index contributed by atoms with van der Waals surface area (Å²) in [7, 11) is 0. The minimum Gasteiger partial charge on any atom is -0.489 e. The highest BCUT2D eigenvalue weighted by molar-refractivity contribution is 7.80. The Hall–Kier alpha value is -2.73. The molecule has 1 saturated carbocycles. The summed E-state index contributed by atoms with van der Waals surface area (Å²) in [5.74, 6) is 0.358. The molecule has 0 radical (unpaired) electrons. The van der Waals surface area contributed by atoms with Crippen LogP contribution in [0.15, 0.2) is 54.2 Å². The number of hydrogen-bond acceptors (Lipinski definition) is 3.